The van der Waals surface area contributed by atoms with Gasteiger partial charge in [0.2, 0.25) is 0 Å². The monoisotopic (exact) mass is 207 g/mol. The fraction of sp³-hybridized carbons (Fsp3) is 0.538. The topological polar surface area (TPSA) is 32.3 Å². The lowest BCUT2D eigenvalue weighted by Gasteiger charge is -2.18. The molecule has 0 aliphatic carbocycles. The molecule has 1 rings (SSSR count). The van der Waals surface area contributed by atoms with E-state index in [9.17, 15) is 5.11 Å². The lowest BCUT2D eigenvalue weighted by molar-refractivity contribution is 0.0749. The summed E-state index contributed by atoms with van der Waals surface area (Å²) in [6.45, 7) is 8.63. The highest BCUT2D eigenvalue weighted by atomic mass is 16.3. The van der Waals surface area contributed by atoms with E-state index in [-0.39, 0.29) is 0 Å². The number of anilines is 1. The molecule has 0 amide bonds. The number of hydrogen-bond donors (Lipinski definition) is 2. The van der Waals surface area contributed by atoms with Crippen LogP contribution in [0.2, 0.25) is 0 Å². The molecule has 0 fully saturated rings. The number of nitrogens with one attached hydrogen (secondary N) is 1. The molecule has 1 aromatic carbocycles. The maximum Gasteiger partial charge on any atom is 0.0608 e. The first-order valence-electron chi connectivity index (χ1n) is 5.42. The first-order valence-corrected chi connectivity index (χ1v) is 5.42. The van der Waals surface area contributed by atoms with E-state index in [0.29, 0.717) is 0 Å². The standard InChI is InChI=1S/C13H21NO/c1-10-5-6-11(2)12(9-10)14-8-7-13(3,4)15/h5-6,9,14-15H,7-8H2,1-4H3. The van der Waals surface area contributed by atoms with Crippen LogP contribution in [0, 0.1) is 13.8 Å². The van der Waals surface area contributed by atoms with Gasteiger partial charge in [-0.15, -0.1) is 0 Å². The molecule has 84 valence electrons. The summed E-state index contributed by atoms with van der Waals surface area (Å²) in [5, 5.41) is 12.9. The van der Waals surface area contributed by atoms with Crippen LogP contribution in [0.25, 0.3) is 0 Å². The molecule has 0 spiro atoms. The summed E-state index contributed by atoms with van der Waals surface area (Å²) in [5.74, 6) is 0. The third kappa shape index (κ3) is 4.34. The van der Waals surface area contributed by atoms with Gasteiger partial charge in [0.25, 0.3) is 0 Å². The van der Waals surface area contributed by atoms with Gasteiger partial charge in [0.05, 0.1) is 5.60 Å². The van der Waals surface area contributed by atoms with Gasteiger partial charge < -0.3 is 10.4 Å². The van der Waals surface area contributed by atoms with Gasteiger partial charge in [-0.05, 0) is 51.3 Å². The van der Waals surface area contributed by atoms with E-state index in [4.69, 9.17) is 0 Å². The minimum absolute atomic E-state index is 0.593. The van der Waals surface area contributed by atoms with Gasteiger partial charge in [-0.3, -0.25) is 0 Å². The third-order valence-corrected chi connectivity index (χ3v) is 2.45. The molecule has 1 aromatic rings. The number of aryl methyl sites for hydroxylation is 2. The van der Waals surface area contributed by atoms with Crippen LogP contribution in [0.4, 0.5) is 5.69 Å². The average molecular weight is 207 g/mol. The Morgan fingerprint density at radius 3 is 2.53 bits per heavy atom. The van der Waals surface area contributed by atoms with Crippen LogP contribution >= 0.6 is 0 Å². The summed E-state index contributed by atoms with van der Waals surface area (Å²) >= 11 is 0. The third-order valence-electron chi connectivity index (χ3n) is 2.45. The van der Waals surface area contributed by atoms with E-state index in [1.807, 2.05) is 13.8 Å². The maximum absolute atomic E-state index is 9.58. The molecule has 0 unspecified atom stereocenters. The van der Waals surface area contributed by atoms with Gasteiger partial charge in [0, 0.05) is 12.2 Å². The second-order valence-electron chi connectivity index (χ2n) is 4.81. The molecular weight excluding hydrogens is 186 g/mol. The van der Waals surface area contributed by atoms with E-state index in [0.717, 1.165) is 13.0 Å². The molecular formula is C13H21NO. The van der Waals surface area contributed by atoms with Crippen molar-refractivity contribution < 1.29 is 5.11 Å². The molecule has 0 aliphatic heterocycles. The van der Waals surface area contributed by atoms with Crippen molar-refractivity contribution in [2.24, 2.45) is 0 Å². The van der Waals surface area contributed by atoms with E-state index in [1.165, 1.54) is 16.8 Å². The number of rotatable bonds is 4. The van der Waals surface area contributed by atoms with E-state index in [1.54, 1.807) is 0 Å². The fourth-order valence-electron chi connectivity index (χ4n) is 1.43. The van der Waals surface area contributed by atoms with Crippen molar-refractivity contribution in [3.63, 3.8) is 0 Å². The van der Waals surface area contributed by atoms with Crippen LogP contribution in [0.3, 0.4) is 0 Å². The Hall–Kier alpha value is -1.02. The van der Waals surface area contributed by atoms with Gasteiger partial charge in [0.1, 0.15) is 0 Å². The predicted molar refractivity (Wildman–Crippen MR) is 65.3 cm³/mol. The number of aliphatic hydroxyl groups is 1. The van der Waals surface area contributed by atoms with Gasteiger partial charge in [-0.2, -0.15) is 0 Å². The molecule has 0 aliphatic rings. The first kappa shape index (κ1) is 12.1. The smallest absolute Gasteiger partial charge is 0.0608 e. The van der Waals surface area contributed by atoms with Crippen LogP contribution in [0.15, 0.2) is 18.2 Å². The highest BCUT2D eigenvalue weighted by molar-refractivity contribution is 5.52. The zero-order valence-electron chi connectivity index (χ0n) is 10.1. The Balaban J connectivity index is 2.54. The molecule has 2 heteroatoms. The van der Waals surface area contributed by atoms with Crippen molar-refractivity contribution in [2.45, 2.75) is 39.7 Å². The zero-order valence-corrected chi connectivity index (χ0v) is 10.1. The number of benzene rings is 1. The number of hydrogen-bond acceptors (Lipinski definition) is 2. The van der Waals surface area contributed by atoms with Crippen molar-refractivity contribution >= 4 is 5.69 Å². The Morgan fingerprint density at radius 2 is 1.93 bits per heavy atom. The van der Waals surface area contributed by atoms with Gasteiger partial charge >= 0.3 is 0 Å². The Kier molecular flexibility index (Phi) is 3.75. The van der Waals surface area contributed by atoms with Crippen molar-refractivity contribution in [3.05, 3.63) is 29.3 Å². The van der Waals surface area contributed by atoms with Gasteiger partial charge in [-0.25, -0.2) is 0 Å². The van der Waals surface area contributed by atoms with Crippen LogP contribution in [-0.2, 0) is 0 Å². The normalized spacial score (nSPS) is 11.5. The highest BCUT2D eigenvalue weighted by Crippen LogP contribution is 2.17. The molecule has 0 radical (unpaired) electrons. The van der Waals surface area contributed by atoms with E-state index < -0.39 is 5.60 Å². The molecule has 0 saturated heterocycles. The molecule has 0 heterocycles. The van der Waals surface area contributed by atoms with E-state index in [2.05, 4.69) is 37.4 Å². The van der Waals surface area contributed by atoms with Crippen LogP contribution < -0.4 is 5.32 Å². The SMILES string of the molecule is Cc1ccc(C)c(NCCC(C)(C)O)c1. The lowest BCUT2D eigenvalue weighted by Crippen LogP contribution is -2.22. The molecule has 0 bridgehead atoms. The summed E-state index contributed by atoms with van der Waals surface area (Å²) in [4.78, 5) is 0. The minimum Gasteiger partial charge on any atom is -0.390 e. The van der Waals surface area contributed by atoms with Crippen molar-refractivity contribution in [3.8, 4) is 0 Å². The van der Waals surface area contributed by atoms with Crippen molar-refractivity contribution in [2.75, 3.05) is 11.9 Å². The van der Waals surface area contributed by atoms with Gasteiger partial charge in [0.15, 0.2) is 0 Å². The maximum atomic E-state index is 9.58. The van der Waals surface area contributed by atoms with E-state index >= 15 is 0 Å². The Morgan fingerprint density at radius 1 is 1.27 bits per heavy atom. The van der Waals surface area contributed by atoms with Crippen LogP contribution in [0.5, 0.6) is 0 Å². The molecule has 0 aromatic heterocycles. The second kappa shape index (κ2) is 4.67. The molecule has 0 saturated carbocycles. The first-order chi connectivity index (χ1) is 6.88. The van der Waals surface area contributed by atoms with Crippen LogP contribution in [-0.4, -0.2) is 17.3 Å². The highest BCUT2D eigenvalue weighted by Gasteiger charge is 2.11. The summed E-state index contributed by atoms with van der Waals surface area (Å²) in [6.07, 6.45) is 0.750. The lowest BCUT2D eigenvalue weighted by atomic mass is 10.1. The predicted octanol–water partition coefficient (Wildman–Crippen LogP) is 2.88. The minimum atomic E-state index is -0.593. The van der Waals surface area contributed by atoms with Crippen molar-refractivity contribution in [1.82, 2.24) is 0 Å². The molecule has 0 atom stereocenters. The largest absolute Gasteiger partial charge is 0.390 e. The summed E-state index contributed by atoms with van der Waals surface area (Å²) in [7, 11) is 0. The zero-order chi connectivity index (χ0) is 11.5. The average Bonchev–Trinajstić information content (AvgIpc) is 2.09. The Bertz CT molecular complexity index is 326. The summed E-state index contributed by atoms with van der Waals surface area (Å²) < 4.78 is 0. The fourth-order valence-corrected chi connectivity index (χ4v) is 1.43. The second-order valence-corrected chi connectivity index (χ2v) is 4.81. The molecule has 15 heavy (non-hydrogen) atoms. The summed E-state index contributed by atoms with van der Waals surface area (Å²) in [5.41, 5.74) is 3.08. The van der Waals surface area contributed by atoms with Gasteiger partial charge in [-0.1, -0.05) is 12.1 Å². The van der Waals surface area contributed by atoms with Crippen molar-refractivity contribution in [1.29, 1.82) is 0 Å². The Labute approximate surface area is 92.3 Å². The quantitative estimate of drug-likeness (QED) is 0.795. The van der Waals surface area contributed by atoms with Crippen LogP contribution in [0.1, 0.15) is 31.4 Å². The summed E-state index contributed by atoms with van der Waals surface area (Å²) in [6, 6.07) is 6.36. The molecule has 2 nitrogen and oxygen atoms in total. The molecule has 2 N–H and O–H groups in total.